The van der Waals surface area contributed by atoms with Gasteiger partial charge in [0.2, 0.25) is 5.76 Å². The van der Waals surface area contributed by atoms with Crippen molar-refractivity contribution >= 4 is 63.5 Å². The Labute approximate surface area is 241 Å². The van der Waals surface area contributed by atoms with Crippen molar-refractivity contribution in [2.24, 2.45) is 0 Å². The predicted octanol–water partition coefficient (Wildman–Crippen LogP) is 5.58. The number of carboxylic acid groups (broad SMARTS) is 1. The van der Waals surface area contributed by atoms with Crippen LogP contribution in [0.3, 0.4) is 0 Å². The molecule has 0 bridgehead atoms. The molecule has 0 aliphatic carbocycles. The molecule has 1 aromatic heterocycles. The number of carbonyl (C=O) groups is 4. The first-order valence-electron chi connectivity index (χ1n) is 11.5. The van der Waals surface area contributed by atoms with Crippen molar-refractivity contribution in [2.75, 3.05) is 13.7 Å². The number of furan rings is 1. The van der Waals surface area contributed by atoms with Gasteiger partial charge in [0.05, 0.1) is 34.3 Å². The van der Waals surface area contributed by atoms with Crippen molar-refractivity contribution in [1.29, 1.82) is 0 Å². The molecule has 2 amide bonds. The summed E-state index contributed by atoms with van der Waals surface area (Å²) in [5, 5.41) is 8.75. The van der Waals surface area contributed by atoms with Gasteiger partial charge in [-0.15, -0.1) is 0 Å². The third kappa shape index (κ3) is 6.63. The molecule has 1 fully saturated rings. The standard InChI is InChI=1S/C27H22INO9S/c1-3-36-21-11-16(10-19(28)23(21)37-14-15-5-4-6-17(9-15)25(31)32)12-22-24(30)29(27(34)39-22)13-18-7-8-20(38-18)26(33)35-2/h4-12H,3,13-14H2,1-2H3,(H,31,32)/b22-12+. The Morgan fingerprint density at radius 2 is 1.92 bits per heavy atom. The van der Waals surface area contributed by atoms with E-state index in [1.165, 1.54) is 25.3 Å². The molecule has 3 aromatic rings. The fraction of sp³-hybridized carbons (Fsp3) is 0.185. The molecule has 39 heavy (non-hydrogen) atoms. The molecule has 2 heterocycles. The van der Waals surface area contributed by atoms with Crippen molar-refractivity contribution in [3.63, 3.8) is 0 Å². The number of thioether (sulfide) groups is 1. The Kier molecular flexibility index (Phi) is 8.97. The van der Waals surface area contributed by atoms with Crippen molar-refractivity contribution < 1.29 is 42.9 Å². The van der Waals surface area contributed by atoms with Gasteiger partial charge in [0, 0.05) is 0 Å². The van der Waals surface area contributed by atoms with Gasteiger partial charge in [-0.2, -0.15) is 0 Å². The normalized spacial score (nSPS) is 14.1. The number of imide groups is 1. The maximum atomic E-state index is 13.0. The number of halogens is 1. The molecular formula is C27H22INO9S. The second-order valence-electron chi connectivity index (χ2n) is 8.08. The Balaban J connectivity index is 1.53. The molecule has 1 aliphatic rings. The number of aromatic carboxylic acids is 1. The molecule has 0 spiro atoms. The number of rotatable bonds is 10. The fourth-order valence-corrected chi connectivity index (χ4v) is 5.26. The number of hydrogen-bond acceptors (Lipinski definition) is 9. The number of benzene rings is 2. The van der Waals surface area contributed by atoms with E-state index in [-0.39, 0.29) is 35.1 Å². The number of carboxylic acids is 1. The lowest BCUT2D eigenvalue weighted by atomic mass is 10.1. The maximum Gasteiger partial charge on any atom is 0.373 e. The Bertz CT molecular complexity index is 1480. The summed E-state index contributed by atoms with van der Waals surface area (Å²) in [5.74, 6) is -1.01. The second kappa shape index (κ2) is 12.4. The molecule has 0 saturated carbocycles. The lowest BCUT2D eigenvalue weighted by Gasteiger charge is -2.15. The average molecular weight is 663 g/mol. The first-order valence-corrected chi connectivity index (χ1v) is 13.4. The van der Waals surface area contributed by atoms with Gasteiger partial charge in [0.1, 0.15) is 12.4 Å². The van der Waals surface area contributed by atoms with Gasteiger partial charge < -0.3 is 23.7 Å². The van der Waals surface area contributed by atoms with Crippen LogP contribution in [-0.4, -0.2) is 46.8 Å². The molecule has 202 valence electrons. The highest BCUT2D eigenvalue weighted by Crippen LogP contribution is 2.38. The second-order valence-corrected chi connectivity index (χ2v) is 10.2. The number of amides is 2. The minimum atomic E-state index is -1.02. The van der Waals surface area contributed by atoms with Gasteiger partial charge in [-0.3, -0.25) is 14.5 Å². The summed E-state index contributed by atoms with van der Waals surface area (Å²) >= 11 is 2.89. The van der Waals surface area contributed by atoms with E-state index in [9.17, 15) is 24.3 Å². The van der Waals surface area contributed by atoms with Crippen LogP contribution in [0.15, 0.2) is 57.9 Å². The van der Waals surface area contributed by atoms with Gasteiger partial charge in [-0.05, 0) is 94.9 Å². The van der Waals surface area contributed by atoms with Gasteiger partial charge in [-0.25, -0.2) is 9.59 Å². The summed E-state index contributed by atoms with van der Waals surface area (Å²) in [4.78, 5) is 49.7. The van der Waals surface area contributed by atoms with E-state index >= 15 is 0 Å². The van der Waals surface area contributed by atoms with Gasteiger partial charge >= 0.3 is 11.9 Å². The molecular weight excluding hydrogens is 641 g/mol. The number of esters is 1. The topological polar surface area (TPSA) is 133 Å². The van der Waals surface area contributed by atoms with E-state index in [1.54, 1.807) is 36.4 Å². The average Bonchev–Trinajstić information content (AvgIpc) is 3.48. The van der Waals surface area contributed by atoms with Crippen molar-refractivity contribution in [2.45, 2.75) is 20.1 Å². The zero-order chi connectivity index (χ0) is 28.1. The molecule has 0 unspecified atom stereocenters. The molecule has 1 aliphatic heterocycles. The van der Waals surface area contributed by atoms with E-state index in [2.05, 4.69) is 27.3 Å². The summed E-state index contributed by atoms with van der Waals surface area (Å²) in [6, 6.07) is 12.9. The van der Waals surface area contributed by atoms with Crippen LogP contribution in [0.2, 0.25) is 0 Å². The molecule has 10 nitrogen and oxygen atoms in total. The quantitative estimate of drug-likeness (QED) is 0.167. The molecule has 4 rings (SSSR count). The molecule has 0 atom stereocenters. The number of ether oxygens (including phenoxy) is 3. The number of carbonyl (C=O) groups excluding carboxylic acids is 3. The third-order valence-corrected chi connectivity index (χ3v) is 7.13. The van der Waals surface area contributed by atoms with E-state index in [0.717, 1.165) is 16.7 Å². The van der Waals surface area contributed by atoms with Gasteiger partial charge in [-0.1, -0.05) is 12.1 Å². The van der Waals surface area contributed by atoms with E-state index in [1.807, 2.05) is 6.92 Å². The minimum Gasteiger partial charge on any atom is -0.490 e. The zero-order valence-electron chi connectivity index (χ0n) is 20.8. The Hall–Kier alpha value is -3.78. The van der Waals surface area contributed by atoms with Crippen LogP contribution in [-0.2, 0) is 22.7 Å². The summed E-state index contributed by atoms with van der Waals surface area (Å²) in [6.45, 7) is 2.18. The fourth-order valence-electron chi connectivity index (χ4n) is 3.64. The van der Waals surface area contributed by atoms with E-state index in [4.69, 9.17) is 13.9 Å². The van der Waals surface area contributed by atoms with Crippen LogP contribution >= 0.6 is 34.4 Å². The van der Waals surface area contributed by atoms with Crippen LogP contribution in [0, 0.1) is 3.57 Å². The summed E-state index contributed by atoms with van der Waals surface area (Å²) < 4.78 is 22.5. The zero-order valence-corrected chi connectivity index (χ0v) is 23.7. The predicted molar refractivity (Wildman–Crippen MR) is 150 cm³/mol. The molecule has 0 radical (unpaired) electrons. The molecule has 1 N–H and O–H groups in total. The number of nitrogens with zero attached hydrogens (tertiary/aromatic N) is 1. The van der Waals surface area contributed by atoms with Crippen molar-refractivity contribution in [1.82, 2.24) is 4.90 Å². The third-order valence-electron chi connectivity index (χ3n) is 5.42. The van der Waals surface area contributed by atoms with Crippen LogP contribution in [0.1, 0.15) is 44.7 Å². The van der Waals surface area contributed by atoms with E-state index in [0.29, 0.717) is 32.8 Å². The largest absolute Gasteiger partial charge is 0.490 e. The highest BCUT2D eigenvalue weighted by Gasteiger charge is 2.36. The van der Waals surface area contributed by atoms with Crippen molar-refractivity contribution in [3.05, 3.63) is 85.2 Å². The Morgan fingerprint density at radius 3 is 2.64 bits per heavy atom. The Morgan fingerprint density at radius 1 is 1.13 bits per heavy atom. The number of methoxy groups -OCH3 is 1. The SMILES string of the molecule is CCOc1cc(/C=C2/SC(=O)N(Cc3ccc(C(=O)OC)o3)C2=O)cc(I)c1OCc1cccc(C(=O)O)c1. The van der Waals surface area contributed by atoms with Gasteiger partial charge in [0.25, 0.3) is 11.1 Å². The smallest absolute Gasteiger partial charge is 0.373 e. The molecule has 1 saturated heterocycles. The molecule has 12 heteroatoms. The highest BCUT2D eigenvalue weighted by atomic mass is 127. The van der Waals surface area contributed by atoms with Crippen LogP contribution in [0.4, 0.5) is 4.79 Å². The highest BCUT2D eigenvalue weighted by molar-refractivity contribution is 14.1. The van der Waals surface area contributed by atoms with Crippen LogP contribution in [0.5, 0.6) is 11.5 Å². The maximum absolute atomic E-state index is 13.0. The van der Waals surface area contributed by atoms with Crippen molar-refractivity contribution in [3.8, 4) is 11.5 Å². The number of hydrogen-bond donors (Lipinski definition) is 1. The minimum absolute atomic E-state index is 0.0232. The first-order chi connectivity index (χ1) is 18.7. The van der Waals surface area contributed by atoms with Gasteiger partial charge in [0.15, 0.2) is 11.5 Å². The van der Waals surface area contributed by atoms with Crippen LogP contribution in [0.25, 0.3) is 6.08 Å². The summed E-state index contributed by atoms with van der Waals surface area (Å²) in [5.41, 5.74) is 1.47. The lowest BCUT2D eigenvalue weighted by molar-refractivity contribution is -0.123. The summed E-state index contributed by atoms with van der Waals surface area (Å²) in [7, 11) is 1.22. The van der Waals surface area contributed by atoms with Crippen LogP contribution < -0.4 is 9.47 Å². The first kappa shape index (κ1) is 28.2. The van der Waals surface area contributed by atoms with E-state index < -0.39 is 23.1 Å². The monoisotopic (exact) mass is 663 g/mol. The molecule has 2 aromatic carbocycles. The summed E-state index contributed by atoms with van der Waals surface area (Å²) in [6.07, 6.45) is 1.59. The lowest BCUT2D eigenvalue weighted by Crippen LogP contribution is -2.27.